The molecule has 0 saturated carbocycles. The summed E-state index contributed by atoms with van der Waals surface area (Å²) < 4.78 is 49.9. The van der Waals surface area contributed by atoms with E-state index in [1.807, 2.05) is 0 Å². The second-order valence-electron chi connectivity index (χ2n) is 4.22. The minimum Gasteiger partial charge on any atom is -0.478 e. The lowest BCUT2D eigenvalue weighted by atomic mass is 9.98. The summed E-state index contributed by atoms with van der Waals surface area (Å²) in [4.78, 5) is 11.2. The molecule has 0 amide bonds. The Balaban J connectivity index is 2.63. The molecule has 2 rings (SSSR count). The van der Waals surface area contributed by atoms with Crippen LogP contribution in [-0.2, 0) is 9.53 Å². The molecule has 0 aromatic heterocycles. The number of carboxylic acids is 1. The molecule has 1 aliphatic rings. The molecule has 1 N–H and O–H groups in total. The van der Waals surface area contributed by atoms with Crippen molar-refractivity contribution < 1.29 is 32.5 Å². The Morgan fingerprint density at radius 3 is 2.67 bits per heavy atom. The molecule has 0 bridgehead atoms. The van der Waals surface area contributed by atoms with Crippen LogP contribution in [0.3, 0.4) is 0 Å². The van der Waals surface area contributed by atoms with Gasteiger partial charge in [-0.3, -0.25) is 0 Å². The number of benzene rings is 1. The van der Waals surface area contributed by atoms with Gasteiger partial charge in [0.2, 0.25) is 0 Å². The molecule has 1 atom stereocenters. The van der Waals surface area contributed by atoms with Crippen LogP contribution in [-0.4, -0.2) is 29.6 Å². The largest absolute Gasteiger partial charge is 0.478 e. The van der Waals surface area contributed by atoms with Crippen molar-refractivity contribution >= 4 is 12.0 Å². The zero-order chi connectivity index (χ0) is 15.7. The number of fused-ring (bicyclic) bond motifs is 1. The van der Waals surface area contributed by atoms with Crippen LogP contribution in [0.5, 0.6) is 5.75 Å². The van der Waals surface area contributed by atoms with Crippen LogP contribution in [0, 0.1) is 0 Å². The number of aliphatic carboxylic acids is 1. The quantitative estimate of drug-likeness (QED) is 0.868. The standard InChI is InChI=1S/C14H11F3O4/c1-2-7-20-13(14(15,16)17)10(12(18)19)8-9-5-3-4-6-11(9)21-13/h2-6,8H,1,7H2,(H,18,19). The SMILES string of the molecule is C=CCOC1(C(F)(F)F)Oc2ccccc2C=C1C(=O)O. The monoisotopic (exact) mass is 300 g/mol. The minimum absolute atomic E-state index is 0.108. The molecule has 4 nitrogen and oxygen atoms in total. The highest BCUT2D eigenvalue weighted by atomic mass is 19.4. The number of hydrogen-bond donors (Lipinski definition) is 1. The first-order chi connectivity index (χ1) is 9.82. The lowest BCUT2D eigenvalue weighted by Gasteiger charge is -2.38. The fourth-order valence-corrected chi connectivity index (χ4v) is 1.93. The van der Waals surface area contributed by atoms with E-state index in [4.69, 9.17) is 14.6 Å². The van der Waals surface area contributed by atoms with E-state index in [0.717, 1.165) is 12.2 Å². The van der Waals surface area contributed by atoms with Crippen LogP contribution in [0.25, 0.3) is 6.08 Å². The molecule has 0 saturated heterocycles. The predicted molar refractivity (Wildman–Crippen MR) is 67.6 cm³/mol. The van der Waals surface area contributed by atoms with Crippen molar-refractivity contribution in [1.82, 2.24) is 0 Å². The minimum atomic E-state index is -5.08. The number of halogens is 3. The Labute approximate surface area is 118 Å². The lowest BCUT2D eigenvalue weighted by molar-refractivity contribution is -0.330. The van der Waals surface area contributed by atoms with E-state index in [1.165, 1.54) is 18.2 Å². The van der Waals surface area contributed by atoms with Gasteiger partial charge in [0.25, 0.3) is 0 Å². The Kier molecular flexibility index (Phi) is 3.78. The first-order valence-electron chi connectivity index (χ1n) is 5.87. The third-order valence-corrected chi connectivity index (χ3v) is 2.84. The summed E-state index contributed by atoms with van der Waals surface area (Å²) in [5.74, 6) is -5.24. The smallest absolute Gasteiger partial charge is 0.460 e. The Morgan fingerprint density at radius 2 is 2.10 bits per heavy atom. The fourth-order valence-electron chi connectivity index (χ4n) is 1.93. The van der Waals surface area contributed by atoms with Crippen LogP contribution in [0.15, 0.2) is 42.5 Å². The Morgan fingerprint density at radius 1 is 1.43 bits per heavy atom. The maximum Gasteiger partial charge on any atom is 0.460 e. The van der Waals surface area contributed by atoms with Crippen molar-refractivity contribution in [2.24, 2.45) is 0 Å². The van der Waals surface area contributed by atoms with E-state index >= 15 is 0 Å². The van der Waals surface area contributed by atoms with E-state index in [1.54, 1.807) is 6.07 Å². The van der Waals surface area contributed by atoms with Gasteiger partial charge in [0.1, 0.15) is 11.3 Å². The van der Waals surface area contributed by atoms with Gasteiger partial charge in [-0.05, 0) is 12.1 Å². The number of alkyl halides is 3. The second kappa shape index (κ2) is 5.25. The first-order valence-corrected chi connectivity index (χ1v) is 5.87. The zero-order valence-corrected chi connectivity index (χ0v) is 10.7. The molecule has 1 aromatic rings. The maximum atomic E-state index is 13.4. The van der Waals surface area contributed by atoms with Crippen LogP contribution in [0.4, 0.5) is 13.2 Å². The van der Waals surface area contributed by atoms with Crippen LogP contribution < -0.4 is 4.74 Å². The van der Waals surface area contributed by atoms with Gasteiger partial charge in [0, 0.05) is 5.56 Å². The van der Waals surface area contributed by atoms with Crippen LogP contribution >= 0.6 is 0 Å². The molecule has 0 fully saturated rings. The molecule has 1 aliphatic heterocycles. The molecular weight excluding hydrogens is 289 g/mol. The molecule has 7 heteroatoms. The average molecular weight is 300 g/mol. The topological polar surface area (TPSA) is 55.8 Å². The number of carboxylic acid groups (broad SMARTS) is 1. The number of hydrogen-bond acceptors (Lipinski definition) is 3. The van der Waals surface area contributed by atoms with E-state index in [0.29, 0.717) is 0 Å². The first kappa shape index (κ1) is 15.1. The molecular formula is C14H11F3O4. The van der Waals surface area contributed by atoms with Gasteiger partial charge in [-0.25, -0.2) is 4.79 Å². The van der Waals surface area contributed by atoms with Crippen molar-refractivity contribution in [2.45, 2.75) is 12.0 Å². The molecule has 1 heterocycles. The van der Waals surface area contributed by atoms with E-state index in [2.05, 4.69) is 6.58 Å². The highest BCUT2D eigenvalue weighted by molar-refractivity contribution is 5.95. The summed E-state index contributed by atoms with van der Waals surface area (Å²) in [5.41, 5.74) is -0.799. The van der Waals surface area contributed by atoms with Crippen molar-refractivity contribution in [3.63, 3.8) is 0 Å². The highest BCUT2D eigenvalue weighted by Gasteiger charge is 2.65. The molecule has 1 aromatic carbocycles. The summed E-state index contributed by atoms with van der Waals surface area (Å²) in [7, 11) is 0. The second-order valence-corrected chi connectivity index (χ2v) is 4.22. The van der Waals surface area contributed by atoms with E-state index in [-0.39, 0.29) is 11.3 Å². The summed E-state index contributed by atoms with van der Waals surface area (Å²) >= 11 is 0. The summed E-state index contributed by atoms with van der Waals surface area (Å²) in [6, 6.07) is 5.80. The summed E-state index contributed by atoms with van der Waals surface area (Å²) in [6.45, 7) is 2.74. The van der Waals surface area contributed by atoms with E-state index < -0.39 is 30.1 Å². The van der Waals surface area contributed by atoms with Gasteiger partial charge < -0.3 is 14.6 Å². The third kappa shape index (κ3) is 2.52. The number of carbonyl (C=O) groups is 1. The normalized spacial score (nSPS) is 21.0. The van der Waals surface area contributed by atoms with Gasteiger partial charge in [-0.1, -0.05) is 24.3 Å². The van der Waals surface area contributed by atoms with Crippen LogP contribution in [0.1, 0.15) is 5.56 Å². The van der Waals surface area contributed by atoms with Gasteiger partial charge >= 0.3 is 17.9 Å². The van der Waals surface area contributed by atoms with Gasteiger partial charge in [-0.15, -0.1) is 6.58 Å². The molecule has 1 unspecified atom stereocenters. The fraction of sp³-hybridized carbons (Fsp3) is 0.214. The Hall–Kier alpha value is -2.28. The number of rotatable bonds is 4. The van der Waals surface area contributed by atoms with Gasteiger partial charge in [-0.2, -0.15) is 13.2 Å². The van der Waals surface area contributed by atoms with Crippen molar-refractivity contribution in [3.05, 3.63) is 48.1 Å². The van der Waals surface area contributed by atoms with Gasteiger partial charge in [0.15, 0.2) is 0 Å². The Bertz CT molecular complexity index is 606. The van der Waals surface area contributed by atoms with Crippen molar-refractivity contribution in [1.29, 1.82) is 0 Å². The molecule has 21 heavy (non-hydrogen) atoms. The van der Waals surface area contributed by atoms with Crippen molar-refractivity contribution in [2.75, 3.05) is 6.61 Å². The van der Waals surface area contributed by atoms with Crippen LogP contribution in [0.2, 0.25) is 0 Å². The molecule has 112 valence electrons. The zero-order valence-electron chi connectivity index (χ0n) is 10.7. The highest BCUT2D eigenvalue weighted by Crippen LogP contribution is 2.46. The average Bonchev–Trinajstić information content (AvgIpc) is 2.42. The predicted octanol–water partition coefficient (Wildman–Crippen LogP) is 3.01. The summed E-state index contributed by atoms with van der Waals surface area (Å²) in [6.07, 6.45) is -3.09. The number of para-hydroxylation sites is 1. The van der Waals surface area contributed by atoms with E-state index in [9.17, 15) is 18.0 Å². The number of ether oxygens (including phenoxy) is 2. The van der Waals surface area contributed by atoms with Gasteiger partial charge in [0.05, 0.1) is 6.61 Å². The maximum absolute atomic E-state index is 13.4. The lowest BCUT2D eigenvalue weighted by Crippen LogP contribution is -2.56. The molecule has 0 spiro atoms. The van der Waals surface area contributed by atoms with Crippen molar-refractivity contribution in [3.8, 4) is 5.75 Å². The third-order valence-electron chi connectivity index (χ3n) is 2.84. The molecule has 0 radical (unpaired) electrons. The molecule has 0 aliphatic carbocycles. The summed E-state index contributed by atoms with van der Waals surface area (Å²) in [5, 5.41) is 9.11.